The van der Waals surface area contributed by atoms with Crippen molar-refractivity contribution >= 4 is 27.8 Å². The van der Waals surface area contributed by atoms with E-state index in [-0.39, 0.29) is 0 Å². The molecule has 0 radical (unpaired) electrons. The molecule has 0 aliphatic carbocycles. The third-order valence-corrected chi connectivity index (χ3v) is 3.23. The summed E-state index contributed by atoms with van der Waals surface area (Å²) in [6.45, 7) is 0. The first kappa shape index (κ1) is 10.8. The normalized spacial score (nSPS) is 11.2. The van der Waals surface area contributed by atoms with Gasteiger partial charge in [0.2, 0.25) is 0 Å². The summed E-state index contributed by atoms with van der Waals surface area (Å²) in [5.74, 6) is 0. The molecule has 2 aromatic carbocycles. The second-order valence-electron chi connectivity index (χ2n) is 4.37. The standard InChI is InChI=1S/C13H9N7/c14-11(7-3-1-5-9-12(7)17-19-15-9)8-4-2-6-10-13(8)18-20-16-10/h1-6,14H,(H,15,17,19)(H,16,18,20). The fourth-order valence-electron chi connectivity index (χ4n) is 2.28. The summed E-state index contributed by atoms with van der Waals surface area (Å²) >= 11 is 0. The van der Waals surface area contributed by atoms with Gasteiger partial charge in [-0.1, -0.05) is 24.3 Å². The molecule has 0 aliphatic rings. The summed E-state index contributed by atoms with van der Waals surface area (Å²) in [4.78, 5) is 0. The SMILES string of the molecule is N=C(c1cccc2n[nH]nc12)c1cccc2n[nH]nc12. The third kappa shape index (κ3) is 1.43. The molecule has 96 valence electrons. The molecule has 0 atom stereocenters. The van der Waals surface area contributed by atoms with Gasteiger partial charge in [0.05, 0.1) is 5.71 Å². The van der Waals surface area contributed by atoms with Gasteiger partial charge in [-0.25, -0.2) is 0 Å². The number of fused-ring (bicyclic) bond motifs is 2. The Kier molecular flexibility index (Phi) is 2.13. The molecule has 0 aliphatic heterocycles. The largest absolute Gasteiger partial charge is 0.299 e. The lowest BCUT2D eigenvalue weighted by atomic mass is 10.00. The highest BCUT2D eigenvalue weighted by Crippen LogP contribution is 2.21. The van der Waals surface area contributed by atoms with E-state index < -0.39 is 0 Å². The first-order valence-electron chi connectivity index (χ1n) is 6.03. The van der Waals surface area contributed by atoms with Crippen LogP contribution in [0, 0.1) is 5.41 Å². The molecule has 2 heterocycles. The van der Waals surface area contributed by atoms with Gasteiger partial charge in [-0.3, -0.25) is 5.41 Å². The lowest BCUT2D eigenvalue weighted by Crippen LogP contribution is -2.03. The van der Waals surface area contributed by atoms with E-state index in [0.717, 1.165) is 11.0 Å². The fraction of sp³-hybridized carbons (Fsp3) is 0. The zero-order valence-corrected chi connectivity index (χ0v) is 10.3. The topological polar surface area (TPSA) is 107 Å². The maximum Gasteiger partial charge on any atom is 0.122 e. The average Bonchev–Trinajstić information content (AvgIpc) is 3.13. The second kappa shape index (κ2) is 3.95. The minimum Gasteiger partial charge on any atom is -0.299 e. The Morgan fingerprint density at radius 1 is 0.750 bits per heavy atom. The first-order valence-corrected chi connectivity index (χ1v) is 6.03. The maximum absolute atomic E-state index is 8.45. The van der Waals surface area contributed by atoms with Crippen molar-refractivity contribution in [2.45, 2.75) is 0 Å². The molecule has 7 heteroatoms. The van der Waals surface area contributed by atoms with Crippen molar-refractivity contribution in [2.75, 3.05) is 0 Å². The highest BCUT2D eigenvalue weighted by Gasteiger charge is 2.15. The average molecular weight is 263 g/mol. The predicted octanol–water partition coefficient (Wildman–Crippen LogP) is 1.65. The summed E-state index contributed by atoms with van der Waals surface area (Å²) in [5.41, 5.74) is 4.61. The van der Waals surface area contributed by atoms with E-state index in [4.69, 9.17) is 5.41 Å². The molecule has 20 heavy (non-hydrogen) atoms. The molecule has 2 aromatic heterocycles. The Morgan fingerprint density at radius 2 is 1.25 bits per heavy atom. The van der Waals surface area contributed by atoms with Gasteiger partial charge in [-0.05, 0) is 12.1 Å². The van der Waals surface area contributed by atoms with Crippen molar-refractivity contribution in [3.63, 3.8) is 0 Å². The smallest absolute Gasteiger partial charge is 0.122 e. The first-order chi connectivity index (χ1) is 9.84. The quantitative estimate of drug-likeness (QED) is 0.478. The summed E-state index contributed by atoms with van der Waals surface area (Å²) in [6.07, 6.45) is 0. The van der Waals surface area contributed by atoms with Crippen molar-refractivity contribution in [1.29, 1.82) is 5.41 Å². The van der Waals surface area contributed by atoms with Gasteiger partial charge in [0.15, 0.2) is 0 Å². The fourth-order valence-corrected chi connectivity index (χ4v) is 2.28. The van der Waals surface area contributed by atoms with Crippen LogP contribution in [0.1, 0.15) is 11.1 Å². The number of para-hydroxylation sites is 2. The van der Waals surface area contributed by atoms with Crippen LogP contribution in [0.15, 0.2) is 36.4 Å². The van der Waals surface area contributed by atoms with E-state index in [1.165, 1.54) is 0 Å². The van der Waals surface area contributed by atoms with E-state index in [1.54, 1.807) is 0 Å². The molecule has 0 amide bonds. The summed E-state index contributed by atoms with van der Waals surface area (Å²) < 4.78 is 0. The van der Waals surface area contributed by atoms with Gasteiger partial charge in [0.1, 0.15) is 22.1 Å². The number of nitrogens with zero attached hydrogens (tertiary/aromatic N) is 4. The molecule has 0 saturated heterocycles. The van der Waals surface area contributed by atoms with Crippen LogP contribution >= 0.6 is 0 Å². The minimum absolute atomic E-state index is 0.351. The molecular formula is C13H9N7. The van der Waals surface area contributed by atoms with Crippen LogP contribution < -0.4 is 0 Å². The number of hydrogen-bond acceptors (Lipinski definition) is 5. The van der Waals surface area contributed by atoms with E-state index >= 15 is 0 Å². The van der Waals surface area contributed by atoms with E-state index in [0.29, 0.717) is 27.9 Å². The third-order valence-electron chi connectivity index (χ3n) is 3.23. The second-order valence-corrected chi connectivity index (χ2v) is 4.37. The van der Waals surface area contributed by atoms with Crippen molar-refractivity contribution in [3.8, 4) is 0 Å². The van der Waals surface area contributed by atoms with Gasteiger partial charge in [0, 0.05) is 11.1 Å². The summed E-state index contributed by atoms with van der Waals surface area (Å²) in [6, 6.07) is 11.1. The van der Waals surface area contributed by atoms with Crippen LogP contribution in [-0.4, -0.2) is 36.5 Å². The molecule has 0 bridgehead atoms. The van der Waals surface area contributed by atoms with Gasteiger partial charge in [-0.2, -0.15) is 30.8 Å². The minimum atomic E-state index is 0.351. The molecule has 4 rings (SSSR count). The maximum atomic E-state index is 8.45. The molecule has 7 nitrogen and oxygen atoms in total. The molecular weight excluding hydrogens is 254 g/mol. The van der Waals surface area contributed by atoms with E-state index in [2.05, 4.69) is 30.8 Å². The zero-order valence-electron chi connectivity index (χ0n) is 10.3. The monoisotopic (exact) mass is 263 g/mol. The Hall–Kier alpha value is -3.09. The number of aromatic amines is 2. The molecule has 4 aromatic rings. The van der Waals surface area contributed by atoms with Crippen LogP contribution in [0.2, 0.25) is 0 Å². The molecule has 3 N–H and O–H groups in total. The van der Waals surface area contributed by atoms with E-state index in [1.807, 2.05) is 36.4 Å². The van der Waals surface area contributed by atoms with Crippen LogP contribution in [0.3, 0.4) is 0 Å². The number of nitrogens with one attached hydrogen (secondary N) is 3. The highest BCUT2D eigenvalue weighted by molar-refractivity contribution is 6.20. The number of hydrogen-bond donors (Lipinski definition) is 3. The van der Waals surface area contributed by atoms with Crippen molar-refractivity contribution in [1.82, 2.24) is 30.8 Å². The Morgan fingerprint density at radius 3 is 1.75 bits per heavy atom. The van der Waals surface area contributed by atoms with Crippen LogP contribution in [0.5, 0.6) is 0 Å². The zero-order chi connectivity index (χ0) is 13.5. The van der Waals surface area contributed by atoms with Crippen LogP contribution in [0.4, 0.5) is 0 Å². The number of aromatic nitrogens is 6. The molecule has 0 fully saturated rings. The Bertz CT molecular complexity index is 858. The number of benzene rings is 2. The van der Waals surface area contributed by atoms with Crippen molar-refractivity contribution in [3.05, 3.63) is 47.5 Å². The lowest BCUT2D eigenvalue weighted by molar-refractivity contribution is 0.958. The van der Waals surface area contributed by atoms with Crippen molar-refractivity contribution < 1.29 is 0 Å². The Labute approximate surface area is 112 Å². The summed E-state index contributed by atoms with van der Waals surface area (Å²) in [5, 5.41) is 29.9. The predicted molar refractivity (Wildman–Crippen MR) is 73.7 cm³/mol. The Balaban J connectivity index is 1.96. The lowest BCUT2D eigenvalue weighted by Gasteiger charge is -2.05. The van der Waals surface area contributed by atoms with E-state index in [9.17, 15) is 0 Å². The van der Waals surface area contributed by atoms with Crippen molar-refractivity contribution in [2.24, 2.45) is 0 Å². The van der Waals surface area contributed by atoms with Gasteiger partial charge in [-0.15, -0.1) is 0 Å². The molecule has 0 saturated carbocycles. The van der Waals surface area contributed by atoms with Gasteiger partial charge in [0.25, 0.3) is 0 Å². The summed E-state index contributed by atoms with van der Waals surface area (Å²) in [7, 11) is 0. The van der Waals surface area contributed by atoms with Gasteiger partial charge < -0.3 is 0 Å². The number of H-pyrrole nitrogens is 2. The molecule has 0 spiro atoms. The number of rotatable bonds is 2. The van der Waals surface area contributed by atoms with Crippen LogP contribution in [-0.2, 0) is 0 Å². The van der Waals surface area contributed by atoms with Crippen LogP contribution in [0.25, 0.3) is 22.1 Å². The molecule has 0 unspecified atom stereocenters. The van der Waals surface area contributed by atoms with Gasteiger partial charge >= 0.3 is 0 Å². The highest BCUT2D eigenvalue weighted by atomic mass is 15.3.